The topological polar surface area (TPSA) is 50.7 Å². The molecule has 0 bridgehead atoms. The van der Waals surface area contributed by atoms with Crippen LogP contribution < -0.4 is 10.2 Å². The molecule has 0 aliphatic heterocycles. The molecule has 2 aromatic carbocycles. The van der Waals surface area contributed by atoms with E-state index in [1.165, 1.54) is 0 Å². The molecule has 0 saturated heterocycles. The summed E-state index contributed by atoms with van der Waals surface area (Å²) in [5.41, 5.74) is 4.24. The van der Waals surface area contributed by atoms with Gasteiger partial charge in [0.25, 0.3) is 0 Å². The second kappa shape index (κ2) is 9.73. The molecule has 0 fully saturated rings. The average molecular weight is 345 g/mol. The minimum atomic E-state index is -0.0810. The summed E-state index contributed by atoms with van der Waals surface area (Å²) in [5, 5.41) is 4.67. The standard InChI is InChI=1S/C19H21ClN2O2/c1-2-3-12-19(23)22-21-13-15-8-5-7-11-18(15)24-14-16-9-4-6-10-17(16)20/h4-11,13H,2-3,12,14H2,1H3,(H,22,23)/b21-13+. The van der Waals surface area contributed by atoms with Crippen LogP contribution in [0.4, 0.5) is 0 Å². The maximum atomic E-state index is 11.6. The van der Waals surface area contributed by atoms with E-state index in [9.17, 15) is 4.79 Å². The molecule has 4 nitrogen and oxygen atoms in total. The van der Waals surface area contributed by atoms with Crippen LogP contribution in [0.5, 0.6) is 5.75 Å². The average Bonchev–Trinajstić information content (AvgIpc) is 2.60. The summed E-state index contributed by atoms with van der Waals surface area (Å²) in [6, 6.07) is 15.1. The lowest BCUT2D eigenvalue weighted by atomic mass is 10.2. The number of benzene rings is 2. The van der Waals surface area contributed by atoms with Crippen LogP contribution in [0.25, 0.3) is 0 Å². The number of rotatable bonds is 8. The Morgan fingerprint density at radius 2 is 1.96 bits per heavy atom. The number of carbonyl (C=O) groups is 1. The van der Waals surface area contributed by atoms with Gasteiger partial charge in [0, 0.05) is 22.6 Å². The third kappa shape index (κ3) is 5.70. The van der Waals surface area contributed by atoms with Crippen molar-refractivity contribution >= 4 is 23.7 Å². The van der Waals surface area contributed by atoms with E-state index in [1.807, 2.05) is 55.5 Å². The van der Waals surface area contributed by atoms with Crippen molar-refractivity contribution in [2.75, 3.05) is 0 Å². The molecule has 0 aliphatic carbocycles. The summed E-state index contributed by atoms with van der Waals surface area (Å²) in [4.78, 5) is 11.6. The minimum absolute atomic E-state index is 0.0810. The molecular formula is C19H21ClN2O2. The Kier molecular flexibility index (Phi) is 7.30. The molecule has 2 rings (SSSR count). The molecule has 0 aliphatic rings. The van der Waals surface area contributed by atoms with E-state index in [4.69, 9.17) is 16.3 Å². The van der Waals surface area contributed by atoms with Gasteiger partial charge in [-0.2, -0.15) is 5.10 Å². The summed E-state index contributed by atoms with van der Waals surface area (Å²) < 4.78 is 5.84. The van der Waals surface area contributed by atoms with Gasteiger partial charge in [-0.1, -0.05) is 55.3 Å². The van der Waals surface area contributed by atoms with Gasteiger partial charge in [0.1, 0.15) is 12.4 Å². The molecular weight excluding hydrogens is 324 g/mol. The van der Waals surface area contributed by atoms with E-state index in [-0.39, 0.29) is 5.91 Å². The fraction of sp³-hybridized carbons (Fsp3) is 0.263. The van der Waals surface area contributed by atoms with Gasteiger partial charge in [-0.05, 0) is 24.6 Å². The van der Waals surface area contributed by atoms with Gasteiger partial charge in [0.2, 0.25) is 5.91 Å². The van der Waals surface area contributed by atoms with Crippen LogP contribution in [0.1, 0.15) is 37.3 Å². The first kappa shape index (κ1) is 18.0. The molecule has 24 heavy (non-hydrogen) atoms. The summed E-state index contributed by atoms with van der Waals surface area (Å²) >= 11 is 6.14. The van der Waals surface area contributed by atoms with E-state index >= 15 is 0 Å². The number of carbonyl (C=O) groups excluding carboxylic acids is 1. The van der Waals surface area contributed by atoms with Crippen LogP contribution in [-0.4, -0.2) is 12.1 Å². The Bertz CT molecular complexity index is 701. The molecule has 5 heteroatoms. The molecule has 126 valence electrons. The molecule has 1 N–H and O–H groups in total. The van der Waals surface area contributed by atoms with Gasteiger partial charge in [-0.15, -0.1) is 0 Å². The summed E-state index contributed by atoms with van der Waals surface area (Å²) in [7, 11) is 0. The number of amides is 1. The molecule has 0 saturated carbocycles. The van der Waals surface area contributed by atoms with Crippen LogP contribution >= 0.6 is 11.6 Å². The maximum absolute atomic E-state index is 11.6. The quantitative estimate of drug-likeness (QED) is 0.563. The summed E-state index contributed by atoms with van der Waals surface area (Å²) in [6.07, 6.45) is 3.92. The molecule has 1 amide bonds. The van der Waals surface area contributed by atoms with E-state index in [0.29, 0.717) is 23.8 Å². The van der Waals surface area contributed by atoms with E-state index in [0.717, 1.165) is 24.0 Å². The molecule has 0 heterocycles. The molecule has 0 spiro atoms. The number of halogens is 1. The highest BCUT2D eigenvalue weighted by molar-refractivity contribution is 6.31. The number of ether oxygens (including phenoxy) is 1. The Morgan fingerprint density at radius 3 is 2.75 bits per heavy atom. The first-order valence-corrected chi connectivity index (χ1v) is 8.35. The fourth-order valence-corrected chi connectivity index (χ4v) is 2.25. The van der Waals surface area contributed by atoms with Gasteiger partial charge in [-0.3, -0.25) is 4.79 Å². The van der Waals surface area contributed by atoms with Gasteiger partial charge in [0.15, 0.2) is 0 Å². The van der Waals surface area contributed by atoms with Crippen molar-refractivity contribution in [3.8, 4) is 5.75 Å². The van der Waals surface area contributed by atoms with Crippen molar-refractivity contribution in [1.82, 2.24) is 5.43 Å². The highest BCUT2D eigenvalue weighted by Crippen LogP contribution is 2.20. The van der Waals surface area contributed by atoms with Gasteiger partial charge in [0.05, 0.1) is 6.21 Å². The Labute approximate surface area is 147 Å². The first-order chi connectivity index (χ1) is 11.7. The fourth-order valence-electron chi connectivity index (χ4n) is 2.06. The predicted octanol–water partition coefficient (Wildman–Crippen LogP) is 4.56. The monoisotopic (exact) mass is 344 g/mol. The van der Waals surface area contributed by atoms with Crippen LogP contribution in [0.3, 0.4) is 0 Å². The lowest BCUT2D eigenvalue weighted by molar-refractivity contribution is -0.121. The van der Waals surface area contributed by atoms with Crippen LogP contribution in [-0.2, 0) is 11.4 Å². The molecule has 0 aromatic heterocycles. The van der Waals surface area contributed by atoms with Crippen LogP contribution in [0, 0.1) is 0 Å². The molecule has 0 unspecified atom stereocenters. The van der Waals surface area contributed by atoms with Gasteiger partial charge >= 0.3 is 0 Å². The third-order valence-corrected chi connectivity index (χ3v) is 3.78. The Balaban J connectivity index is 1.97. The lowest BCUT2D eigenvalue weighted by Gasteiger charge is -2.10. The smallest absolute Gasteiger partial charge is 0.240 e. The zero-order valence-corrected chi connectivity index (χ0v) is 14.4. The Hall–Kier alpha value is -2.33. The van der Waals surface area contributed by atoms with E-state index in [1.54, 1.807) is 6.21 Å². The van der Waals surface area contributed by atoms with Crippen molar-refractivity contribution in [3.63, 3.8) is 0 Å². The lowest BCUT2D eigenvalue weighted by Crippen LogP contribution is -2.16. The zero-order valence-electron chi connectivity index (χ0n) is 13.7. The first-order valence-electron chi connectivity index (χ1n) is 7.98. The van der Waals surface area contributed by atoms with Crippen molar-refractivity contribution in [2.24, 2.45) is 5.10 Å². The second-order valence-electron chi connectivity index (χ2n) is 5.31. The predicted molar refractivity (Wildman–Crippen MR) is 97.5 cm³/mol. The number of hydrogen-bond donors (Lipinski definition) is 1. The largest absolute Gasteiger partial charge is 0.488 e. The van der Waals surface area contributed by atoms with Gasteiger partial charge in [-0.25, -0.2) is 5.43 Å². The zero-order chi connectivity index (χ0) is 17.2. The number of hydrazone groups is 1. The summed E-state index contributed by atoms with van der Waals surface area (Å²) in [5.74, 6) is 0.603. The molecule has 0 radical (unpaired) electrons. The van der Waals surface area contributed by atoms with Crippen molar-refractivity contribution in [2.45, 2.75) is 32.8 Å². The summed E-state index contributed by atoms with van der Waals surface area (Å²) in [6.45, 7) is 2.41. The highest BCUT2D eigenvalue weighted by atomic mass is 35.5. The van der Waals surface area contributed by atoms with Crippen molar-refractivity contribution in [3.05, 3.63) is 64.7 Å². The normalized spacial score (nSPS) is 10.8. The van der Waals surface area contributed by atoms with Crippen molar-refractivity contribution < 1.29 is 9.53 Å². The van der Waals surface area contributed by atoms with Crippen LogP contribution in [0.2, 0.25) is 5.02 Å². The Morgan fingerprint density at radius 1 is 1.21 bits per heavy atom. The SMILES string of the molecule is CCCCC(=O)N/N=C/c1ccccc1OCc1ccccc1Cl. The second-order valence-corrected chi connectivity index (χ2v) is 5.72. The number of hydrogen-bond acceptors (Lipinski definition) is 3. The van der Waals surface area contributed by atoms with Crippen molar-refractivity contribution in [1.29, 1.82) is 0 Å². The number of nitrogens with zero attached hydrogens (tertiary/aromatic N) is 1. The third-order valence-electron chi connectivity index (χ3n) is 3.41. The minimum Gasteiger partial charge on any atom is -0.488 e. The van der Waals surface area contributed by atoms with E-state index in [2.05, 4.69) is 10.5 Å². The molecule has 0 atom stereocenters. The van der Waals surface area contributed by atoms with Crippen LogP contribution in [0.15, 0.2) is 53.6 Å². The highest BCUT2D eigenvalue weighted by Gasteiger charge is 2.04. The molecule has 2 aromatic rings. The number of nitrogens with one attached hydrogen (secondary N) is 1. The maximum Gasteiger partial charge on any atom is 0.240 e. The van der Waals surface area contributed by atoms with Gasteiger partial charge < -0.3 is 4.74 Å². The number of unbranched alkanes of at least 4 members (excludes halogenated alkanes) is 1. The van der Waals surface area contributed by atoms with E-state index < -0.39 is 0 Å². The number of para-hydroxylation sites is 1.